The summed E-state index contributed by atoms with van der Waals surface area (Å²) in [5.74, 6) is 0.269. The molecule has 0 saturated carbocycles. The highest BCUT2D eigenvalue weighted by molar-refractivity contribution is 6.32. The molecule has 29 heavy (non-hydrogen) atoms. The van der Waals surface area contributed by atoms with Crippen molar-refractivity contribution in [3.63, 3.8) is 0 Å². The molecule has 0 aliphatic rings. The number of halogens is 1. The maximum atomic E-state index is 12.7. The third kappa shape index (κ3) is 4.47. The highest BCUT2D eigenvalue weighted by Crippen LogP contribution is 2.24. The van der Waals surface area contributed by atoms with Gasteiger partial charge in [-0.2, -0.15) is 5.10 Å². The van der Waals surface area contributed by atoms with E-state index in [1.54, 1.807) is 24.4 Å². The number of hydrogen-bond acceptors (Lipinski definition) is 3. The minimum Gasteiger partial charge on any atom is -0.470 e. The lowest BCUT2D eigenvalue weighted by Gasteiger charge is -2.11. The van der Waals surface area contributed by atoms with Crippen LogP contribution in [-0.2, 0) is 6.73 Å². The Labute approximate surface area is 173 Å². The number of anilines is 1. The van der Waals surface area contributed by atoms with E-state index < -0.39 is 0 Å². The van der Waals surface area contributed by atoms with Gasteiger partial charge in [-0.1, -0.05) is 66.2 Å². The van der Waals surface area contributed by atoms with Gasteiger partial charge in [-0.3, -0.25) is 4.79 Å². The van der Waals surface area contributed by atoms with Crippen molar-refractivity contribution >= 4 is 23.2 Å². The van der Waals surface area contributed by atoms with Gasteiger partial charge in [0.2, 0.25) is 0 Å². The van der Waals surface area contributed by atoms with Crippen LogP contribution in [0.3, 0.4) is 0 Å². The van der Waals surface area contributed by atoms with Crippen LogP contribution in [0, 0.1) is 0 Å². The summed E-state index contributed by atoms with van der Waals surface area (Å²) in [7, 11) is 0. The van der Waals surface area contributed by atoms with Gasteiger partial charge in [-0.25, -0.2) is 4.68 Å². The van der Waals surface area contributed by atoms with E-state index in [1.165, 1.54) is 4.68 Å². The summed E-state index contributed by atoms with van der Waals surface area (Å²) in [6.07, 6.45) is 1.56. The van der Waals surface area contributed by atoms with Gasteiger partial charge in [-0.15, -0.1) is 0 Å². The molecule has 0 aliphatic carbocycles. The molecule has 0 radical (unpaired) electrons. The lowest BCUT2D eigenvalue weighted by molar-refractivity contribution is 0.100. The zero-order valence-corrected chi connectivity index (χ0v) is 16.2. The Bertz CT molecular complexity index is 1110. The van der Waals surface area contributed by atoms with Crippen molar-refractivity contribution < 1.29 is 9.53 Å². The molecule has 144 valence electrons. The van der Waals surface area contributed by atoms with Crippen LogP contribution in [0.2, 0.25) is 5.02 Å². The van der Waals surface area contributed by atoms with Gasteiger partial charge in [0.25, 0.3) is 5.91 Å². The number of nitrogens with one attached hydrogen (secondary N) is 1. The summed E-state index contributed by atoms with van der Waals surface area (Å²) in [5.41, 5.74) is 3.31. The monoisotopic (exact) mass is 403 g/mol. The van der Waals surface area contributed by atoms with Crippen LogP contribution in [-0.4, -0.2) is 15.7 Å². The molecule has 3 aromatic carbocycles. The van der Waals surface area contributed by atoms with Crippen molar-refractivity contribution in [2.45, 2.75) is 6.73 Å². The Hall–Kier alpha value is -3.57. The average molecular weight is 404 g/mol. The number of benzene rings is 3. The Morgan fingerprint density at radius 1 is 0.897 bits per heavy atom. The van der Waals surface area contributed by atoms with Crippen molar-refractivity contribution in [1.29, 1.82) is 0 Å². The van der Waals surface area contributed by atoms with E-state index in [4.69, 9.17) is 16.3 Å². The van der Waals surface area contributed by atoms with Crippen LogP contribution < -0.4 is 10.1 Å². The molecule has 4 aromatic rings. The van der Waals surface area contributed by atoms with Gasteiger partial charge in [0.1, 0.15) is 11.4 Å². The van der Waals surface area contributed by atoms with Crippen molar-refractivity contribution in [1.82, 2.24) is 9.78 Å². The summed E-state index contributed by atoms with van der Waals surface area (Å²) >= 11 is 6.10. The standard InChI is InChI=1S/C23H18ClN3O2/c24-20-8-4-5-9-22(20)29-16-27-21(14-15-25-27)23(28)26-19-12-10-18(11-13-19)17-6-2-1-3-7-17/h1-15H,16H2,(H,26,28). The fourth-order valence-electron chi connectivity index (χ4n) is 2.89. The number of aromatic nitrogens is 2. The first kappa shape index (κ1) is 18.8. The van der Waals surface area contributed by atoms with Crippen LogP contribution in [0.5, 0.6) is 5.75 Å². The lowest BCUT2D eigenvalue weighted by atomic mass is 10.1. The van der Waals surface area contributed by atoms with E-state index >= 15 is 0 Å². The SMILES string of the molecule is O=C(Nc1ccc(-c2ccccc2)cc1)c1ccnn1COc1ccccc1Cl. The molecule has 1 N–H and O–H groups in total. The first-order valence-corrected chi connectivity index (χ1v) is 9.44. The third-order valence-corrected chi connectivity index (χ3v) is 4.69. The fraction of sp³-hybridized carbons (Fsp3) is 0.0435. The zero-order valence-electron chi connectivity index (χ0n) is 15.5. The summed E-state index contributed by atoms with van der Waals surface area (Å²) in [6.45, 7) is 0.0758. The van der Waals surface area contributed by atoms with Crippen LogP contribution >= 0.6 is 11.6 Å². The van der Waals surface area contributed by atoms with Crippen molar-refractivity contribution in [2.75, 3.05) is 5.32 Å². The second-order valence-corrected chi connectivity index (χ2v) is 6.72. The summed E-state index contributed by atoms with van der Waals surface area (Å²) < 4.78 is 7.16. The number of amides is 1. The van der Waals surface area contributed by atoms with Crippen LogP contribution in [0.4, 0.5) is 5.69 Å². The van der Waals surface area contributed by atoms with Gasteiger partial charge in [0, 0.05) is 11.9 Å². The maximum Gasteiger partial charge on any atom is 0.274 e. The molecular weight excluding hydrogens is 386 g/mol. The highest BCUT2D eigenvalue weighted by Gasteiger charge is 2.13. The number of carbonyl (C=O) groups excluding carboxylic acids is 1. The molecule has 0 fully saturated rings. The zero-order chi connectivity index (χ0) is 20.1. The molecule has 0 bridgehead atoms. The van der Waals surface area contributed by atoms with Crippen LogP contribution in [0.1, 0.15) is 10.5 Å². The Balaban J connectivity index is 1.43. The van der Waals surface area contributed by atoms with E-state index in [2.05, 4.69) is 10.4 Å². The normalized spacial score (nSPS) is 10.5. The molecule has 0 aliphatic heterocycles. The van der Waals surface area contributed by atoms with Crippen LogP contribution in [0.25, 0.3) is 11.1 Å². The van der Waals surface area contributed by atoms with E-state index in [9.17, 15) is 4.79 Å². The fourth-order valence-corrected chi connectivity index (χ4v) is 3.08. The number of para-hydroxylation sites is 1. The van der Waals surface area contributed by atoms with Gasteiger partial charge in [-0.05, 0) is 41.5 Å². The van der Waals surface area contributed by atoms with E-state index in [1.807, 2.05) is 66.7 Å². The van der Waals surface area contributed by atoms with Gasteiger partial charge in [0.05, 0.1) is 5.02 Å². The van der Waals surface area contributed by atoms with Crippen LogP contribution in [0.15, 0.2) is 91.1 Å². The Morgan fingerprint density at radius 3 is 2.34 bits per heavy atom. The van der Waals surface area contributed by atoms with Crippen molar-refractivity contribution in [2.24, 2.45) is 0 Å². The van der Waals surface area contributed by atoms with Gasteiger partial charge in [0.15, 0.2) is 6.73 Å². The third-order valence-electron chi connectivity index (χ3n) is 4.38. The van der Waals surface area contributed by atoms with E-state index in [0.717, 1.165) is 11.1 Å². The summed E-state index contributed by atoms with van der Waals surface area (Å²) in [6, 6.07) is 26.6. The molecular formula is C23H18ClN3O2. The minimum absolute atomic E-state index is 0.0758. The first-order valence-electron chi connectivity index (χ1n) is 9.07. The molecule has 6 heteroatoms. The van der Waals surface area contributed by atoms with Gasteiger partial charge >= 0.3 is 0 Å². The topological polar surface area (TPSA) is 56.2 Å². The number of nitrogens with zero attached hydrogens (tertiary/aromatic N) is 2. The lowest BCUT2D eigenvalue weighted by Crippen LogP contribution is -2.19. The van der Waals surface area contributed by atoms with E-state index in [0.29, 0.717) is 22.2 Å². The number of ether oxygens (including phenoxy) is 1. The first-order chi connectivity index (χ1) is 14.2. The Morgan fingerprint density at radius 2 is 1.59 bits per heavy atom. The largest absolute Gasteiger partial charge is 0.470 e. The quantitative estimate of drug-likeness (QED) is 0.463. The molecule has 0 atom stereocenters. The molecule has 1 heterocycles. The summed E-state index contributed by atoms with van der Waals surface area (Å²) in [4.78, 5) is 12.7. The van der Waals surface area contributed by atoms with Crippen molar-refractivity contribution in [3.05, 3.63) is 102 Å². The molecule has 1 aromatic heterocycles. The maximum absolute atomic E-state index is 12.7. The second-order valence-electron chi connectivity index (χ2n) is 6.32. The molecule has 4 rings (SSSR count). The van der Waals surface area contributed by atoms with E-state index in [-0.39, 0.29) is 12.6 Å². The average Bonchev–Trinajstić information content (AvgIpc) is 3.23. The second kappa shape index (κ2) is 8.63. The molecule has 0 spiro atoms. The Kier molecular flexibility index (Phi) is 5.59. The number of hydrogen-bond donors (Lipinski definition) is 1. The minimum atomic E-state index is -0.266. The predicted molar refractivity (Wildman–Crippen MR) is 114 cm³/mol. The highest BCUT2D eigenvalue weighted by atomic mass is 35.5. The summed E-state index contributed by atoms with van der Waals surface area (Å²) in [5, 5.41) is 7.56. The predicted octanol–water partition coefficient (Wildman–Crippen LogP) is 5.49. The molecule has 0 unspecified atom stereocenters. The van der Waals surface area contributed by atoms with Crippen molar-refractivity contribution in [3.8, 4) is 16.9 Å². The molecule has 1 amide bonds. The number of rotatable bonds is 6. The van der Waals surface area contributed by atoms with Gasteiger partial charge < -0.3 is 10.1 Å². The smallest absolute Gasteiger partial charge is 0.274 e. The molecule has 5 nitrogen and oxygen atoms in total. The number of carbonyl (C=O) groups is 1. The molecule has 0 saturated heterocycles.